The summed E-state index contributed by atoms with van der Waals surface area (Å²) < 4.78 is 27.4. The van der Waals surface area contributed by atoms with E-state index in [0.717, 1.165) is 24.1 Å². The average Bonchev–Trinajstić information content (AvgIpc) is 3.21. The van der Waals surface area contributed by atoms with Crippen molar-refractivity contribution < 1.29 is 13.2 Å². The van der Waals surface area contributed by atoms with Crippen LogP contribution in [0.4, 0.5) is 0 Å². The van der Waals surface area contributed by atoms with E-state index in [2.05, 4.69) is 0 Å². The van der Waals surface area contributed by atoms with Crippen LogP contribution in [0.1, 0.15) is 54.4 Å². The molecule has 0 N–H and O–H groups in total. The van der Waals surface area contributed by atoms with Gasteiger partial charge in [-0.1, -0.05) is 12.5 Å². The topological polar surface area (TPSA) is 57.7 Å². The molecule has 1 aliphatic rings. The van der Waals surface area contributed by atoms with Gasteiger partial charge in [-0.2, -0.15) is 4.31 Å². The summed E-state index contributed by atoms with van der Waals surface area (Å²) in [6, 6.07) is 10.3. The zero-order valence-corrected chi connectivity index (χ0v) is 17.6. The Balaban J connectivity index is 1.77. The lowest BCUT2D eigenvalue weighted by molar-refractivity contribution is 0.0745. The molecule has 0 radical (unpaired) electrons. The molecular formula is C20H26N2O3S2. The number of sulfonamides is 1. The minimum Gasteiger partial charge on any atom is -0.334 e. The first-order valence-corrected chi connectivity index (χ1v) is 11.6. The largest absolute Gasteiger partial charge is 0.334 e. The van der Waals surface area contributed by atoms with Crippen LogP contribution in [0.3, 0.4) is 0 Å². The summed E-state index contributed by atoms with van der Waals surface area (Å²) in [7, 11) is -1.75. The first-order chi connectivity index (χ1) is 12.8. The molecule has 1 fully saturated rings. The lowest BCUT2D eigenvalue weighted by Gasteiger charge is -2.32. The molecule has 1 aromatic carbocycles. The van der Waals surface area contributed by atoms with Crippen molar-refractivity contribution >= 4 is 27.3 Å². The fraction of sp³-hybridized carbons (Fsp3) is 0.450. The van der Waals surface area contributed by atoms with Crippen LogP contribution in [0.2, 0.25) is 0 Å². The van der Waals surface area contributed by atoms with E-state index in [0.29, 0.717) is 12.1 Å². The third kappa shape index (κ3) is 4.10. The number of benzene rings is 1. The van der Waals surface area contributed by atoms with Gasteiger partial charge in [-0.15, -0.1) is 11.3 Å². The van der Waals surface area contributed by atoms with Crippen LogP contribution in [0, 0.1) is 0 Å². The van der Waals surface area contributed by atoms with Gasteiger partial charge in [0.1, 0.15) is 0 Å². The molecule has 0 aliphatic carbocycles. The molecule has 0 saturated carbocycles. The standard InChI is InChI=1S/C20H26N2O3S2/c1-15-7-4-5-13-22(15)27(24,25)18-11-9-17(10-12-18)20(23)21(3)16(2)19-8-6-14-26-19/h6,8-12,14-16H,4-5,7,13H2,1-3H3/t15-,16-/m0/s1. The van der Waals surface area contributed by atoms with E-state index >= 15 is 0 Å². The fourth-order valence-electron chi connectivity index (χ4n) is 3.43. The Hall–Kier alpha value is -1.70. The zero-order valence-electron chi connectivity index (χ0n) is 16.0. The molecule has 3 rings (SSSR count). The molecule has 0 spiro atoms. The molecule has 2 atom stereocenters. The summed E-state index contributed by atoms with van der Waals surface area (Å²) in [6.07, 6.45) is 2.85. The highest BCUT2D eigenvalue weighted by atomic mass is 32.2. The SMILES string of the molecule is C[C@@H](c1cccs1)N(C)C(=O)c1ccc(S(=O)(=O)N2CCCC[C@@H]2C)cc1. The molecule has 1 saturated heterocycles. The second kappa shape index (κ2) is 8.12. The van der Waals surface area contributed by atoms with Gasteiger partial charge >= 0.3 is 0 Å². The minimum absolute atomic E-state index is 0.0165. The number of piperidine rings is 1. The highest BCUT2D eigenvalue weighted by Crippen LogP contribution is 2.27. The van der Waals surface area contributed by atoms with Crippen molar-refractivity contribution in [1.82, 2.24) is 9.21 Å². The summed E-state index contributed by atoms with van der Waals surface area (Å²) in [4.78, 5) is 15.8. The number of carbonyl (C=O) groups is 1. The van der Waals surface area contributed by atoms with Crippen LogP contribution in [0.25, 0.3) is 0 Å². The van der Waals surface area contributed by atoms with Crippen LogP contribution >= 0.6 is 11.3 Å². The van der Waals surface area contributed by atoms with Crippen LogP contribution in [0.15, 0.2) is 46.7 Å². The van der Waals surface area contributed by atoms with Gasteiger partial charge in [0, 0.05) is 30.1 Å². The summed E-state index contributed by atoms with van der Waals surface area (Å²) in [6.45, 7) is 4.50. The van der Waals surface area contributed by atoms with E-state index < -0.39 is 10.0 Å². The molecule has 1 amide bonds. The van der Waals surface area contributed by atoms with Gasteiger partial charge in [-0.05, 0) is 62.4 Å². The van der Waals surface area contributed by atoms with Gasteiger partial charge in [0.15, 0.2) is 0 Å². The fourth-order valence-corrected chi connectivity index (χ4v) is 5.96. The Morgan fingerprint density at radius 2 is 1.93 bits per heavy atom. The molecule has 2 aromatic rings. The zero-order chi connectivity index (χ0) is 19.6. The number of nitrogens with zero attached hydrogens (tertiary/aromatic N) is 2. The van der Waals surface area contributed by atoms with Crippen LogP contribution in [-0.4, -0.2) is 43.2 Å². The number of amides is 1. The maximum Gasteiger partial charge on any atom is 0.254 e. The molecule has 27 heavy (non-hydrogen) atoms. The lowest BCUT2D eigenvalue weighted by atomic mass is 10.1. The maximum absolute atomic E-state index is 12.9. The number of hydrogen-bond acceptors (Lipinski definition) is 4. The van der Waals surface area contributed by atoms with Crippen molar-refractivity contribution in [1.29, 1.82) is 0 Å². The second-order valence-corrected chi connectivity index (χ2v) is 9.96. The quantitative estimate of drug-likeness (QED) is 0.750. The first kappa shape index (κ1) is 20.0. The lowest BCUT2D eigenvalue weighted by Crippen LogP contribution is -2.41. The molecule has 5 nitrogen and oxygen atoms in total. The van der Waals surface area contributed by atoms with Gasteiger partial charge < -0.3 is 4.90 Å². The Morgan fingerprint density at radius 3 is 2.52 bits per heavy atom. The van der Waals surface area contributed by atoms with E-state index in [1.807, 2.05) is 31.4 Å². The Kier molecular flexibility index (Phi) is 6.03. The van der Waals surface area contributed by atoms with E-state index in [1.54, 1.807) is 51.9 Å². The summed E-state index contributed by atoms with van der Waals surface area (Å²) >= 11 is 1.62. The van der Waals surface area contributed by atoms with Gasteiger partial charge in [0.25, 0.3) is 5.91 Å². The van der Waals surface area contributed by atoms with Gasteiger partial charge in [0.05, 0.1) is 10.9 Å². The van der Waals surface area contributed by atoms with E-state index in [9.17, 15) is 13.2 Å². The van der Waals surface area contributed by atoms with Crippen LogP contribution < -0.4 is 0 Å². The molecule has 1 aliphatic heterocycles. The monoisotopic (exact) mass is 406 g/mol. The third-order valence-electron chi connectivity index (χ3n) is 5.31. The number of carbonyl (C=O) groups excluding carboxylic acids is 1. The minimum atomic E-state index is -3.52. The van der Waals surface area contributed by atoms with Crippen molar-refractivity contribution in [3.8, 4) is 0 Å². The van der Waals surface area contributed by atoms with E-state index in [1.165, 1.54) is 0 Å². The maximum atomic E-state index is 12.9. The van der Waals surface area contributed by atoms with Gasteiger partial charge in [-0.25, -0.2) is 8.42 Å². The number of hydrogen-bond donors (Lipinski definition) is 0. The highest BCUT2D eigenvalue weighted by Gasteiger charge is 2.31. The second-order valence-electron chi connectivity index (χ2n) is 7.09. The smallest absolute Gasteiger partial charge is 0.254 e. The van der Waals surface area contributed by atoms with Gasteiger partial charge in [-0.3, -0.25) is 4.79 Å². The predicted molar refractivity (Wildman–Crippen MR) is 108 cm³/mol. The summed E-state index contributed by atoms with van der Waals surface area (Å²) in [5, 5.41) is 1.99. The average molecular weight is 407 g/mol. The summed E-state index contributed by atoms with van der Waals surface area (Å²) in [5.41, 5.74) is 0.492. The predicted octanol–water partition coefficient (Wildman–Crippen LogP) is 4.14. The van der Waals surface area contributed by atoms with Crippen LogP contribution in [0.5, 0.6) is 0 Å². The van der Waals surface area contributed by atoms with Crippen molar-refractivity contribution in [3.63, 3.8) is 0 Å². The molecule has 0 bridgehead atoms. The van der Waals surface area contributed by atoms with Crippen molar-refractivity contribution in [3.05, 3.63) is 52.2 Å². The summed E-state index contributed by atoms with van der Waals surface area (Å²) in [5.74, 6) is -0.119. The van der Waals surface area contributed by atoms with Crippen molar-refractivity contribution in [2.45, 2.75) is 50.1 Å². The van der Waals surface area contributed by atoms with E-state index in [-0.39, 0.29) is 22.9 Å². The third-order valence-corrected chi connectivity index (χ3v) is 8.38. The molecule has 0 unspecified atom stereocenters. The Labute approximate surface area is 165 Å². The molecule has 146 valence electrons. The Bertz CT molecular complexity index is 876. The highest BCUT2D eigenvalue weighted by molar-refractivity contribution is 7.89. The van der Waals surface area contributed by atoms with E-state index in [4.69, 9.17) is 0 Å². The van der Waals surface area contributed by atoms with Crippen LogP contribution in [-0.2, 0) is 10.0 Å². The first-order valence-electron chi connectivity index (χ1n) is 9.25. The molecule has 7 heteroatoms. The Morgan fingerprint density at radius 1 is 1.22 bits per heavy atom. The molecular weight excluding hydrogens is 380 g/mol. The van der Waals surface area contributed by atoms with Gasteiger partial charge in [0.2, 0.25) is 10.0 Å². The number of rotatable bonds is 5. The molecule has 1 aromatic heterocycles. The molecule has 2 heterocycles. The normalized spacial score (nSPS) is 19.6. The number of thiophene rings is 1. The van der Waals surface area contributed by atoms with Crippen molar-refractivity contribution in [2.24, 2.45) is 0 Å². The van der Waals surface area contributed by atoms with Crippen molar-refractivity contribution in [2.75, 3.05) is 13.6 Å².